The van der Waals surface area contributed by atoms with E-state index in [9.17, 15) is 13.2 Å². The number of rotatable bonds is 1. The first kappa shape index (κ1) is 11.3. The zero-order valence-corrected chi connectivity index (χ0v) is 7.34. The normalized spacial score (nSPS) is 11.6. The van der Waals surface area contributed by atoms with Crippen molar-refractivity contribution in [3.63, 3.8) is 0 Å². The van der Waals surface area contributed by atoms with Crippen LogP contribution in [-0.4, -0.2) is 22.2 Å². The standard InChI is InChI=1S/C6H4BClF3NO2/c8-4-2-12-5(7(13)14)1-3(4)6(9,10)11/h1-2,13-14H. The maximum absolute atomic E-state index is 12.2. The Morgan fingerprint density at radius 2 is 1.93 bits per heavy atom. The summed E-state index contributed by atoms with van der Waals surface area (Å²) >= 11 is 5.24. The van der Waals surface area contributed by atoms with Crippen LogP contribution in [0.5, 0.6) is 0 Å². The van der Waals surface area contributed by atoms with Gasteiger partial charge in [-0.3, -0.25) is 4.98 Å². The molecule has 0 saturated heterocycles. The quantitative estimate of drug-likeness (QED) is 0.682. The van der Waals surface area contributed by atoms with Gasteiger partial charge in [0.1, 0.15) is 0 Å². The molecule has 3 nitrogen and oxygen atoms in total. The molecule has 0 aliphatic heterocycles. The van der Waals surface area contributed by atoms with E-state index in [1.165, 1.54) is 0 Å². The van der Waals surface area contributed by atoms with Gasteiger partial charge in [0.25, 0.3) is 0 Å². The Morgan fingerprint density at radius 1 is 1.36 bits per heavy atom. The lowest BCUT2D eigenvalue weighted by molar-refractivity contribution is -0.137. The van der Waals surface area contributed by atoms with Gasteiger partial charge in [-0.1, -0.05) is 11.6 Å². The van der Waals surface area contributed by atoms with Crippen molar-refractivity contribution < 1.29 is 23.2 Å². The van der Waals surface area contributed by atoms with Crippen LogP contribution in [0.2, 0.25) is 5.02 Å². The Morgan fingerprint density at radius 3 is 2.36 bits per heavy atom. The van der Waals surface area contributed by atoms with Gasteiger partial charge < -0.3 is 10.0 Å². The molecule has 0 radical (unpaired) electrons. The summed E-state index contributed by atoms with van der Waals surface area (Å²) in [6.45, 7) is 0. The minimum Gasteiger partial charge on any atom is -0.422 e. The lowest BCUT2D eigenvalue weighted by Gasteiger charge is -2.09. The van der Waals surface area contributed by atoms with E-state index in [1.54, 1.807) is 0 Å². The van der Waals surface area contributed by atoms with E-state index >= 15 is 0 Å². The number of hydrogen-bond donors (Lipinski definition) is 2. The van der Waals surface area contributed by atoms with Gasteiger partial charge in [0.05, 0.1) is 16.2 Å². The summed E-state index contributed by atoms with van der Waals surface area (Å²) in [5.41, 5.74) is -1.64. The Labute approximate surface area is 82.3 Å². The van der Waals surface area contributed by atoms with E-state index in [0.717, 1.165) is 6.20 Å². The highest BCUT2D eigenvalue weighted by Crippen LogP contribution is 2.33. The maximum atomic E-state index is 12.2. The second kappa shape index (κ2) is 3.76. The van der Waals surface area contributed by atoms with Crippen molar-refractivity contribution >= 4 is 24.3 Å². The molecule has 0 spiro atoms. The summed E-state index contributed by atoms with van der Waals surface area (Å²) in [6, 6.07) is 0.493. The molecule has 0 aromatic carbocycles. The average Bonchev–Trinajstić information content (AvgIpc) is 2.02. The zero-order chi connectivity index (χ0) is 10.9. The van der Waals surface area contributed by atoms with Gasteiger partial charge in [0.2, 0.25) is 0 Å². The van der Waals surface area contributed by atoms with Crippen LogP contribution >= 0.6 is 11.6 Å². The van der Waals surface area contributed by atoms with Gasteiger partial charge in [-0.2, -0.15) is 13.2 Å². The number of alkyl halides is 3. The van der Waals surface area contributed by atoms with Crippen LogP contribution in [0, 0.1) is 0 Å². The van der Waals surface area contributed by atoms with Gasteiger partial charge in [0.15, 0.2) is 0 Å². The summed E-state index contributed by atoms with van der Waals surface area (Å²) < 4.78 is 36.6. The summed E-state index contributed by atoms with van der Waals surface area (Å²) in [5, 5.41) is 16.6. The molecule has 1 heterocycles. The van der Waals surface area contributed by atoms with E-state index in [4.69, 9.17) is 21.6 Å². The Balaban J connectivity index is 3.22. The number of nitrogens with zero attached hydrogens (tertiary/aromatic N) is 1. The second-order valence-electron chi connectivity index (χ2n) is 2.46. The van der Waals surface area contributed by atoms with Crippen molar-refractivity contribution in [3.8, 4) is 0 Å². The molecule has 1 aromatic rings. The van der Waals surface area contributed by atoms with Gasteiger partial charge in [-0.15, -0.1) is 0 Å². The first-order chi connectivity index (χ1) is 6.32. The van der Waals surface area contributed by atoms with Crippen molar-refractivity contribution in [3.05, 3.63) is 22.8 Å². The van der Waals surface area contributed by atoms with Crippen molar-refractivity contribution in [2.45, 2.75) is 6.18 Å². The topological polar surface area (TPSA) is 53.4 Å². The van der Waals surface area contributed by atoms with E-state index in [0.29, 0.717) is 6.07 Å². The largest absolute Gasteiger partial charge is 0.508 e. The van der Waals surface area contributed by atoms with E-state index in [2.05, 4.69) is 4.98 Å². The highest BCUT2D eigenvalue weighted by atomic mass is 35.5. The Kier molecular flexibility index (Phi) is 3.03. The molecule has 0 atom stereocenters. The highest BCUT2D eigenvalue weighted by Gasteiger charge is 2.34. The predicted molar refractivity (Wildman–Crippen MR) is 44.1 cm³/mol. The van der Waals surface area contributed by atoms with Crippen molar-refractivity contribution in [1.29, 1.82) is 0 Å². The number of halogens is 4. The van der Waals surface area contributed by atoms with Gasteiger partial charge in [-0.05, 0) is 6.07 Å². The second-order valence-corrected chi connectivity index (χ2v) is 2.87. The summed E-state index contributed by atoms with van der Waals surface area (Å²) in [4.78, 5) is 3.32. The molecule has 1 rings (SSSR count). The minimum atomic E-state index is -4.64. The molecule has 0 aliphatic rings. The van der Waals surface area contributed by atoms with Crippen molar-refractivity contribution in [2.75, 3.05) is 0 Å². The molecule has 2 N–H and O–H groups in total. The number of pyridine rings is 1. The molecular weight excluding hydrogens is 221 g/mol. The molecule has 0 amide bonds. The third-order valence-corrected chi connectivity index (χ3v) is 1.75. The van der Waals surface area contributed by atoms with E-state index in [-0.39, 0.29) is 0 Å². The number of aromatic nitrogens is 1. The van der Waals surface area contributed by atoms with Crippen LogP contribution in [-0.2, 0) is 6.18 Å². The lowest BCUT2D eigenvalue weighted by atomic mass is 9.85. The molecule has 0 bridgehead atoms. The summed E-state index contributed by atoms with van der Waals surface area (Å²) in [6.07, 6.45) is -3.91. The fraction of sp³-hybridized carbons (Fsp3) is 0.167. The SMILES string of the molecule is OB(O)c1cc(C(F)(F)F)c(Cl)cn1. The average molecular weight is 225 g/mol. The van der Waals surface area contributed by atoms with E-state index < -0.39 is 29.5 Å². The number of hydrogen-bond acceptors (Lipinski definition) is 3. The van der Waals surface area contributed by atoms with Crippen molar-refractivity contribution in [1.82, 2.24) is 4.98 Å². The lowest BCUT2D eigenvalue weighted by Crippen LogP contribution is -2.33. The fourth-order valence-corrected chi connectivity index (χ4v) is 1.02. The third-order valence-electron chi connectivity index (χ3n) is 1.45. The molecule has 0 saturated carbocycles. The predicted octanol–water partition coefficient (Wildman–Crippen LogP) is 0.434. The van der Waals surface area contributed by atoms with Crippen LogP contribution in [0.25, 0.3) is 0 Å². The summed E-state index contributed by atoms with van der Waals surface area (Å²) in [5.74, 6) is 0. The maximum Gasteiger partial charge on any atom is 0.508 e. The molecule has 1 aromatic heterocycles. The molecule has 0 fully saturated rings. The van der Waals surface area contributed by atoms with Gasteiger partial charge >= 0.3 is 13.3 Å². The van der Waals surface area contributed by atoms with E-state index in [1.807, 2.05) is 0 Å². The monoisotopic (exact) mass is 225 g/mol. The third kappa shape index (κ3) is 2.37. The van der Waals surface area contributed by atoms with Crippen LogP contribution < -0.4 is 5.59 Å². The van der Waals surface area contributed by atoms with Gasteiger partial charge in [-0.25, -0.2) is 0 Å². The molecular formula is C6H4BClF3NO2. The van der Waals surface area contributed by atoms with Crippen molar-refractivity contribution in [2.24, 2.45) is 0 Å². The molecule has 14 heavy (non-hydrogen) atoms. The Bertz CT molecular complexity index is 344. The van der Waals surface area contributed by atoms with Gasteiger partial charge in [0, 0.05) is 6.20 Å². The highest BCUT2D eigenvalue weighted by molar-refractivity contribution is 6.57. The molecule has 8 heteroatoms. The smallest absolute Gasteiger partial charge is 0.422 e. The minimum absolute atomic E-state index is 0.493. The van der Waals surface area contributed by atoms with Crippen LogP contribution in [0.3, 0.4) is 0 Å². The van der Waals surface area contributed by atoms with Crippen LogP contribution in [0.1, 0.15) is 5.56 Å². The van der Waals surface area contributed by atoms with Crippen LogP contribution in [0.15, 0.2) is 12.3 Å². The zero-order valence-electron chi connectivity index (χ0n) is 6.59. The first-order valence-electron chi connectivity index (χ1n) is 3.41. The summed E-state index contributed by atoms with van der Waals surface area (Å²) in [7, 11) is -2.05. The Hall–Kier alpha value is -0.785. The molecule has 0 unspecified atom stereocenters. The molecule has 0 aliphatic carbocycles. The molecule has 76 valence electrons. The fourth-order valence-electron chi connectivity index (χ4n) is 0.813. The van der Waals surface area contributed by atoms with Crippen LogP contribution in [0.4, 0.5) is 13.2 Å². The first-order valence-corrected chi connectivity index (χ1v) is 3.79.